The molecule has 92 valence electrons. The molecule has 0 saturated heterocycles. The van der Waals surface area contributed by atoms with Crippen molar-refractivity contribution in [3.63, 3.8) is 0 Å². The van der Waals surface area contributed by atoms with Crippen molar-refractivity contribution < 1.29 is 9.13 Å². The van der Waals surface area contributed by atoms with Crippen LogP contribution in [0.1, 0.15) is 11.1 Å². The lowest BCUT2D eigenvalue weighted by Gasteiger charge is -2.10. The van der Waals surface area contributed by atoms with Crippen molar-refractivity contribution >= 4 is 5.69 Å². The van der Waals surface area contributed by atoms with E-state index in [9.17, 15) is 4.39 Å². The number of para-hydroxylation sites is 1. The summed E-state index contributed by atoms with van der Waals surface area (Å²) in [4.78, 5) is 0. The van der Waals surface area contributed by atoms with Crippen LogP contribution in [0, 0.1) is 5.82 Å². The normalized spacial score (nSPS) is 12.9. The summed E-state index contributed by atoms with van der Waals surface area (Å²) in [6.07, 6.45) is 1.06. The predicted octanol–water partition coefficient (Wildman–Crippen LogP) is 3.37. The number of anilines is 1. The molecule has 0 saturated carbocycles. The van der Waals surface area contributed by atoms with Gasteiger partial charge in [-0.3, -0.25) is 0 Å². The summed E-state index contributed by atoms with van der Waals surface area (Å²) in [5.74, 6) is 0.287. The number of hydrogen-bond donors (Lipinski definition) is 1. The Bertz CT molecular complexity index is 568. The predicted molar refractivity (Wildman–Crippen MR) is 69.4 cm³/mol. The second-order valence-corrected chi connectivity index (χ2v) is 4.37. The highest BCUT2D eigenvalue weighted by Gasteiger charge is 2.13. The van der Waals surface area contributed by atoms with Gasteiger partial charge in [0.2, 0.25) is 0 Å². The van der Waals surface area contributed by atoms with E-state index in [0.717, 1.165) is 18.5 Å². The number of ether oxygens (including phenoxy) is 1. The quantitative estimate of drug-likeness (QED) is 0.892. The van der Waals surface area contributed by atoms with Crippen LogP contribution in [0.5, 0.6) is 5.75 Å². The SMILES string of the molecule is Fc1cccc(OCc2cccc3c2NCC3)c1. The Morgan fingerprint density at radius 3 is 2.94 bits per heavy atom. The number of fused-ring (bicyclic) bond motifs is 1. The van der Waals surface area contributed by atoms with Crippen molar-refractivity contribution in [2.24, 2.45) is 0 Å². The average Bonchev–Trinajstić information content (AvgIpc) is 2.85. The van der Waals surface area contributed by atoms with Crippen molar-refractivity contribution in [2.45, 2.75) is 13.0 Å². The second-order valence-electron chi connectivity index (χ2n) is 4.37. The van der Waals surface area contributed by atoms with Crippen molar-refractivity contribution in [1.29, 1.82) is 0 Å². The van der Waals surface area contributed by atoms with Crippen LogP contribution in [0.4, 0.5) is 10.1 Å². The maximum Gasteiger partial charge on any atom is 0.126 e. The van der Waals surface area contributed by atoms with Crippen molar-refractivity contribution in [3.8, 4) is 5.75 Å². The minimum absolute atomic E-state index is 0.274. The topological polar surface area (TPSA) is 21.3 Å². The largest absolute Gasteiger partial charge is 0.489 e. The van der Waals surface area contributed by atoms with E-state index in [1.807, 2.05) is 12.1 Å². The molecule has 18 heavy (non-hydrogen) atoms. The van der Waals surface area contributed by atoms with Gasteiger partial charge in [-0.15, -0.1) is 0 Å². The molecule has 1 aliphatic heterocycles. The highest BCUT2D eigenvalue weighted by atomic mass is 19.1. The fraction of sp³-hybridized carbons (Fsp3) is 0.200. The first-order valence-electron chi connectivity index (χ1n) is 6.06. The van der Waals surface area contributed by atoms with Crippen LogP contribution in [-0.2, 0) is 13.0 Å². The van der Waals surface area contributed by atoms with Gasteiger partial charge >= 0.3 is 0 Å². The van der Waals surface area contributed by atoms with Crippen LogP contribution < -0.4 is 10.1 Å². The van der Waals surface area contributed by atoms with E-state index < -0.39 is 0 Å². The molecule has 1 heterocycles. The molecule has 2 aromatic carbocycles. The first-order chi connectivity index (χ1) is 8.83. The average molecular weight is 243 g/mol. The van der Waals surface area contributed by atoms with Gasteiger partial charge in [0.15, 0.2) is 0 Å². The number of rotatable bonds is 3. The van der Waals surface area contributed by atoms with Gasteiger partial charge < -0.3 is 10.1 Å². The molecule has 0 aromatic heterocycles. The van der Waals surface area contributed by atoms with Gasteiger partial charge in [0.1, 0.15) is 18.2 Å². The molecule has 2 nitrogen and oxygen atoms in total. The Hall–Kier alpha value is -2.03. The van der Waals surface area contributed by atoms with E-state index in [-0.39, 0.29) is 5.82 Å². The van der Waals surface area contributed by atoms with Crippen LogP contribution in [-0.4, -0.2) is 6.54 Å². The lowest BCUT2D eigenvalue weighted by molar-refractivity contribution is 0.305. The smallest absolute Gasteiger partial charge is 0.126 e. The van der Waals surface area contributed by atoms with Crippen LogP contribution in [0.25, 0.3) is 0 Å². The molecule has 0 unspecified atom stereocenters. The van der Waals surface area contributed by atoms with E-state index in [4.69, 9.17) is 4.74 Å². The Morgan fingerprint density at radius 2 is 2.06 bits per heavy atom. The summed E-state index contributed by atoms with van der Waals surface area (Å²) in [5, 5.41) is 3.36. The maximum absolute atomic E-state index is 13.0. The molecule has 0 spiro atoms. The summed E-state index contributed by atoms with van der Waals surface area (Å²) in [7, 11) is 0. The zero-order chi connectivity index (χ0) is 12.4. The molecule has 0 radical (unpaired) electrons. The van der Waals surface area contributed by atoms with Gasteiger partial charge in [0, 0.05) is 23.9 Å². The van der Waals surface area contributed by atoms with Crippen molar-refractivity contribution in [1.82, 2.24) is 0 Å². The van der Waals surface area contributed by atoms with Crippen LogP contribution >= 0.6 is 0 Å². The minimum atomic E-state index is -0.274. The van der Waals surface area contributed by atoms with Crippen molar-refractivity contribution in [3.05, 3.63) is 59.4 Å². The summed E-state index contributed by atoms with van der Waals surface area (Å²) in [5.41, 5.74) is 3.62. The van der Waals surface area contributed by atoms with Gasteiger partial charge in [-0.2, -0.15) is 0 Å². The highest BCUT2D eigenvalue weighted by Crippen LogP contribution is 2.27. The zero-order valence-electron chi connectivity index (χ0n) is 9.95. The molecule has 0 amide bonds. The first-order valence-corrected chi connectivity index (χ1v) is 6.06. The lowest BCUT2D eigenvalue weighted by Crippen LogP contribution is -2.00. The maximum atomic E-state index is 13.0. The Morgan fingerprint density at radius 1 is 1.17 bits per heavy atom. The Labute approximate surface area is 105 Å². The molecule has 1 N–H and O–H groups in total. The number of hydrogen-bond acceptors (Lipinski definition) is 2. The van der Waals surface area contributed by atoms with Crippen LogP contribution in [0.2, 0.25) is 0 Å². The molecule has 0 bridgehead atoms. The summed E-state index contributed by atoms with van der Waals surface area (Å²) < 4.78 is 18.6. The van der Waals surface area contributed by atoms with E-state index in [0.29, 0.717) is 12.4 Å². The molecule has 3 heteroatoms. The lowest BCUT2D eigenvalue weighted by atomic mass is 10.1. The van der Waals surface area contributed by atoms with Gasteiger partial charge in [-0.1, -0.05) is 24.3 Å². The molecule has 3 rings (SSSR count). The third kappa shape index (κ3) is 2.16. The Kier molecular flexibility index (Phi) is 2.89. The number of nitrogens with one attached hydrogen (secondary N) is 1. The van der Waals surface area contributed by atoms with Gasteiger partial charge in [-0.05, 0) is 24.1 Å². The van der Waals surface area contributed by atoms with E-state index in [1.54, 1.807) is 12.1 Å². The number of halogens is 1. The van der Waals surface area contributed by atoms with Gasteiger partial charge in [0.05, 0.1) is 0 Å². The highest BCUT2D eigenvalue weighted by molar-refractivity contribution is 5.61. The summed E-state index contributed by atoms with van der Waals surface area (Å²) >= 11 is 0. The summed E-state index contributed by atoms with van der Waals surface area (Å²) in [6.45, 7) is 1.44. The zero-order valence-corrected chi connectivity index (χ0v) is 9.95. The van der Waals surface area contributed by atoms with Gasteiger partial charge in [-0.25, -0.2) is 4.39 Å². The molecular formula is C15H14FNO. The molecule has 1 aliphatic rings. The fourth-order valence-electron chi connectivity index (χ4n) is 2.25. The standard InChI is InChI=1S/C15H14FNO/c16-13-5-2-6-14(9-13)18-10-12-4-1-3-11-7-8-17-15(11)12/h1-6,9,17H,7-8,10H2. The molecule has 2 aromatic rings. The van der Waals surface area contributed by atoms with Gasteiger partial charge in [0.25, 0.3) is 0 Å². The monoisotopic (exact) mass is 243 g/mol. The second kappa shape index (κ2) is 4.69. The van der Waals surface area contributed by atoms with Crippen LogP contribution in [0.15, 0.2) is 42.5 Å². The third-order valence-corrected chi connectivity index (χ3v) is 3.12. The first kappa shape index (κ1) is 11.1. The number of benzene rings is 2. The minimum Gasteiger partial charge on any atom is -0.489 e. The van der Waals surface area contributed by atoms with E-state index in [1.165, 1.54) is 23.4 Å². The fourth-order valence-corrected chi connectivity index (χ4v) is 2.25. The molecular weight excluding hydrogens is 229 g/mol. The van der Waals surface area contributed by atoms with E-state index in [2.05, 4.69) is 11.4 Å². The third-order valence-electron chi connectivity index (χ3n) is 3.12. The van der Waals surface area contributed by atoms with Crippen LogP contribution in [0.3, 0.4) is 0 Å². The Balaban J connectivity index is 1.76. The van der Waals surface area contributed by atoms with E-state index >= 15 is 0 Å². The molecule has 0 fully saturated rings. The van der Waals surface area contributed by atoms with Crippen molar-refractivity contribution in [2.75, 3.05) is 11.9 Å². The molecule has 0 aliphatic carbocycles. The molecule has 0 atom stereocenters. The summed E-state index contributed by atoms with van der Waals surface area (Å²) in [6, 6.07) is 12.4.